The average Bonchev–Trinajstić information content (AvgIpc) is 3.57. The van der Waals surface area contributed by atoms with Gasteiger partial charge in [0.2, 0.25) is 5.91 Å². The molecule has 2 aliphatic rings. The summed E-state index contributed by atoms with van der Waals surface area (Å²) in [6.45, 7) is 0.334. The summed E-state index contributed by atoms with van der Waals surface area (Å²) in [5.74, 6) is -0.178. The summed E-state index contributed by atoms with van der Waals surface area (Å²) >= 11 is 0. The van der Waals surface area contributed by atoms with Gasteiger partial charge in [-0.25, -0.2) is 12.7 Å². The molecule has 0 radical (unpaired) electrons. The van der Waals surface area contributed by atoms with Crippen molar-refractivity contribution in [3.05, 3.63) is 83.4 Å². The molecule has 11 heteroatoms. The Morgan fingerprint density at radius 1 is 1.02 bits per heavy atom. The summed E-state index contributed by atoms with van der Waals surface area (Å²) in [6.07, 6.45) is 1.08. The van der Waals surface area contributed by atoms with Crippen molar-refractivity contribution in [2.24, 2.45) is 0 Å². The monoisotopic (exact) mass is 574 g/mol. The Labute approximate surface area is 239 Å². The maximum absolute atomic E-state index is 15.0. The van der Waals surface area contributed by atoms with Gasteiger partial charge in [0.05, 0.1) is 42.5 Å². The minimum atomic E-state index is -4.45. The number of nitriles is 1. The van der Waals surface area contributed by atoms with E-state index in [4.69, 9.17) is 9.47 Å². The van der Waals surface area contributed by atoms with Gasteiger partial charge >= 0.3 is 0 Å². The molecule has 1 unspecified atom stereocenters. The molecule has 2 aliphatic heterocycles. The van der Waals surface area contributed by atoms with Crippen LogP contribution in [0.1, 0.15) is 29.5 Å². The number of benzene rings is 3. The number of para-hydroxylation sites is 1. The summed E-state index contributed by atoms with van der Waals surface area (Å²) in [4.78, 5) is 31.7. The van der Waals surface area contributed by atoms with Crippen LogP contribution >= 0.6 is 0 Å². The topological polar surface area (TPSA) is 120 Å². The average molecular weight is 575 g/mol. The fourth-order valence-corrected chi connectivity index (χ4v) is 7.35. The van der Waals surface area contributed by atoms with Crippen molar-refractivity contribution in [2.45, 2.75) is 29.3 Å². The molecule has 41 heavy (non-hydrogen) atoms. The smallest absolute Gasteiger partial charge is 0.271 e. The number of nitrogens with zero attached hydrogens (tertiary/aromatic N) is 4. The third kappa shape index (κ3) is 4.22. The van der Waals surface area contributed by atoms with E-state index in [1.807, 2.05) is 0 Å². The quantitative estimate of drug-likeness (QED) is 0.422. The molecule has 3 aromatic rings. The molecule has 0 spiro atoms. The molecule has 212 valence electrons. The van der Waals surface area contributed by atoms with E-state index < -0.39 is 27.5 Å². The fraction of sp³-hybridized carbons (Fsp3) is 0.300. The lowest BCUT2D eigenvalue weighted by molar-refractivity contribution is -0.138. The van der Waals surface area contributed by atoms with Crippen molar-refractivity contribution < 1.29 is 27.5 Å². The highest BCUT2D eigenvalue weighted by Crippen LogP contribution is 2.54. The zero-order valence-electron chi connectivity index (χ0n) is 23.2. The Morgan fingerprint density at radius 2 is 1.73 bits per heavy atom. The molecule has 0 aliphatic carbocycles. The molecule has 1 fully saturated rings. The Hall–Kier alpha value is -4.40. The van der Waals surface area contributed by atoms with Crippen LogP contribution in [-0.4, -0.2) is 70.9 Å². The van der Waals surface area contributed by atoms with Crippen molar-refractivity contribution >= 4 is 27.5 Å². The molecule has 3 aromatic carbocycles. The van der Waals surface area contributed by atoms with Gasteiger partial charge in [-0.1, -0.05) is 18.2 Å². The molecule has 2 atom stereocenters. The van der Waals surface area contributed by atoms with Crippen LogP contribution in [0.3, 0.4) is 0 Å². The zero-order valence-corrected chi connectivity index (χ0v) is 24.0. The zero-order chi connectivity index (χ0) is 29.5. The summed E-state index contributed by atoms with van der Waals surface area (Å²) in [5.41, 5.74) is -0.745. The number of sulfonamides is 1. The number of rotatable bonds is 7. The SMILES string of the molecule is COc1ccc(S(=O)(=O)N2C(=O)[C@](c3ccccc3OC)(N3CCCC3C(=O)N(C)C)c3cc(C#N)ccc32)cc1. The number of likely N-dealkylation sites (tertiary alicyclic amines) is 1. The first-order valence-corrected chi connectivity index (χ1v) is 14.5. The van der Waals surface area contributed by atoms with Crippen LogP contribution in [0.25, 0.3) is 0 Å². The van der Waals surface area contributed by atoms with Crippen LogP contribution in [0.2, 0.25) is 0 Å². The normalized spacial score (nSPS) is 20.4. The van der Waals surface area contributed by atoms with E-state index in [-0.39, 0.29) is 22.1 Å². The minimum absolute atomic E-state index is 0.110. The van der Waals surface area contributed by atoms with Gasteiger partial charge in [-0.2, -0.15) is 5.26 Å². The number of anilines is 1. The van der Waals surface area contributed by atoms with Crippen LogP contribution in [0.15, 0.2) is 71.6 Å². The summed E-state index contributed by atoms with van der Waals surface area (Å²) in [6, 6.07) is 18.5. The van der Waals surface area contributed by atoms with E-state index in [2.05, 4.69) is 6.07 Å². The lowest BCUT2D eigenvalue weighted by atomic mass is 9.80. The Kier molecular flexibility index (Phi) is 7.23. The highest BCUT2D eigenvalue weighted by atomic mass is 32.2. The maximum Gasteiger partial charge on any atom is 0.271 e. The fourth-order valence-electron chi connectivity index (χ4n) is 5.89. The first kappa shape index (κ1) is 28.1. The van der Waals surface area contributed by atoms with E-state index in [9.17, 15) is 18.5 Å². The predicted molar refractivity (Wildman–Crippen MR) is 151 cm³/mol. The molecular formula is C30H30N4O6S. The van der Waals surface area contributed by atoms with Gasteiger partial charge in [-0.3, -0.25) is 14.5 Å². The van der Waals surface area contributed by atoms with Crippen molar-refractivity contribution in [3.8, 4) is 17.6 Å². The van der Waals surface area contributed by atoms with Gasteiger partial charge in [0.1, 0.15) is 11.5 Å². The lowest BCUT2D eigenvalue weighted by Gasteiger charge is -2.42. The van der Waals surface area contributed by atoms with E-state index in [0.717, 1.165) is 4.31 Å². The molecule has 2 amide bonds. The van der Waals surface area contributed by atoms with Crippen molar-refractivity contribution in [1.82, 2.24) is 9.80 Å². The number of amides is 2. The second-order valence-corrected chi connectivity index (χ2v) is 11.9. The third-order valence-corrected chi connectivity index (χ3v) is 9.44. The van der Waals surface area contributed by atoms with Gasteiger partial charge in [-0.05, 0) is 61.4 Å². The second-order valence-electron chi connectivity index (χ2n) is 10.1. The van der Waals surface area contributed by atoms with Gasteiger partial charge in [0.15, 0.2) is 5.54 Å². The van der Waals surface area contributed by atoms with Crippen molar-refractivity contribution in [2.75, 3.05) is 39.2 Å². The van der Waals surface area contributed by atoms with E-state index in [1.54, 1.807) is 49.3 Å². The molecule has 1 saturated heterocycles. The lowest BCUT2D eigenvalue weighted by Crippen LogP contribution is -2.59. The standard InChI is InChI=1S/C30H30N4O6S/c1-32(2)28(35)26-9-7-17-33(26)30(23-8-5-6-10-27(23)40-4)24-18-20(19-31)11-16-25(24)34(29(30)36)41(37,38)22-14-12-21(39-3)13-15-22/h5-6,8,10-16,18,26H,7,9,17H2,1-4H3/t26?,30-/m1/s1. The molecule has 0 N–H and O–H groups in total. The van der Waals surface area contributed by atoms with Gasteiger partial charge in [0, 0.05) is 31.8 Å². The van der Waals surface area contributed by atoms with Crippen LogP contribution in [-0.2, 0) is 25.2 Å². The maximum atomic E-state index is 15.0. The highest BCUT2D eigenvalue weighted by Gasteiger charge is 2.63. The highest BCUT2D eigenvalue weighted by molar-refractivity contribution is 7.93. The van der Waals surface area contributed by atoms with Gasteiger partial charge in [-0.15, -0.1) is 0 Å². The van der Waals surface area contributed by atoms with E-state index >= 15 is 4.79 Å². The van der Waals surface area contributed by atoms with E-state index in [0.29, 0.717) is 42.0 Å². The predicted octanol–water partition coefficient (Wildman–Crippen LogP) is 3.11. The summed E-state index contributed by atoms with van der Waals surface area (Å²) < 4.78 is 40.2. The number of hydrogen-bond donors (Lipinski definition) is 0. The number of carbonyl (C=O) groups is 2. The van der Waals surface area contributed by atoms with Crippen LogP contribution in [0.5, 0.6) is 11.5 Å². The largest absolute Gasteiger partial charge is 0.497 e. The molecule has 0 aromatic heterocycles. The number of carbonyl (C=O) groups excluding carboxylic acids is 2. The summed E-state index contributed by atoms with van der Waals surface area (Å²) in [5, 5.41) is 9.83. The first-order valence-electron chi connectivity index (χ1n) is 13.0. The molecule has 5 rings (SSSR count). The second kappa shape index (κ2) is 10.5. The number of fused-ring (bicyclic) bond motifs is 1. The first-order chi connectivity index (χ1) is 19.6. The van der Waals surface area contributed by atoms with Crippen molar-refractivity contribution in [3.63, 3.8) is 0 Å². The molecule has 2 heterocycles. The van der Waals surface area contributed by atoms with Crippen molar-refractivity contribution in [1.29, 1.82) is 5.26 Å². The molecule has 0 saturated carbocycles. The van der Waals surface area contributed by atoms with Crippen LogP contribution in [0.4, 0.5) is 5.69 Å². The number of ether oxygens (including phenoxy) is 2. The Morgan fingerprint density at radius 3 is 2.37 bits per heavy atom. The Balaban J connectivity index is 1.85. The van der Waals surface area contributed by atoms with Crippen LogP contribution in [0, 0.1) is 11.3 Å². The number of hydrogen-bond acceptors (Lipinski definition) is 8. The van der Waals surface area contributed by atoms with Gasteiger partial charge in [0.25, 0.3) is 15.9 Å². The van der Waals surface area contributed by atoms with Crippen LogP contribution < -0.4 is 13.8 Å². The minimum Gasteiger partial charge on any atom is -0.497 e. The third-order valence-electron chi connectivity index (χ3n) is 7.73. The Bertz CT molecular complexity index is 1660. The molecule has 10 nitrogen and oxygen atoms in total. The summed E-state index contributed by atoms with van der Waals surface area (Å²) in [7, 11) is 1.79. The molecular weight excluding hydrogens is 544 g/mol. The van der Waals surface area contributed by atoms with Gasteiger partial charge < -0.3 is 14.4 Å². The number of likely N-dealkylation sites (N-methyl/N-ethyl adjacent to an activating group) is 1. The molecule has 0 bridgehead atoms. The number of methoxy groups -OCH3 is 2. The van der Waals surface area contributed by atoms with E-state index in [1.165, 1.54) is 55.5 Å².